The fourth-order valence-corrected chi connectivity index (χ4v) is 7.64. The quantitative estimate of drug-likeness (QED) is 0.477. The van der Waals surface area contributed by atoms with E-state index in [4.69, 9.17) is 21.1 Å². The minimum Gasteiger partial charge on any atom is -0.497 e. The van der Waals surface area contributed by atoms with E-state index in [-0.39, 0.29) is 10.8 Å². The standard InChI is InChI=1S/C21H22ClN3O5S3/c1-29-13-6-7-14(17(11-13)30-2)15-12-31-21(23-15)24-20(26)16-5-3-4-10-25(16)33(27,28)19-9-8-18(22)32-19/h6-9,11-12,16H,3-5,10H2,1-2H3,(H,23,24,26). The third-order valence-electron chi connectivity index (χ3n) is 5.29. The number of hydrogen-bond donors (Lipinski definition) is 1. The molecule has 1 saturated heterocycles. The highest BCUT2D eigenvalue weighted by Gasteiger charge is 2.38. The molecular formula is C21H22ClN3O5S3. The van der Waals surface area contributed by atoms with Gasteiger partial charge in [-0.1, -0.05) is 18.0 Å². The van der Waals surface area contributed by atoms with Crippen molar-refractivity contribution in [3.05, 3.63) is 40.0 Å². The number of nitrogens with zero attached hydrogens (tertiary/aromatic N) is 2. The molecule has 4 rings (SSSR count). The number of piperidine rings is 1. The van der Waals surface area contributed by atoms with Crippen molar-refractivity contribution in [2.45, 2.75) is 29.5 Å². The van der Waals surface area contributed by atoms with Gasteiger partial charge in [-0.25, -0.2) is 13.4 Å². The van der Waals surface area contributed by atoms with Crippen molar-refractivity contribution in [2.24, 2.45) is 0 Å². The van der Waals surface area contributed by atoms with Crippen molar-refractivity contribution in [1.29, 1.82) is 0 Å². The molecule has 1 aliphatic rings. The molecule has 176 valence electrons. The molecule has 8 nitrogen and oxygen atoms in total. The van der Waals surface area contributed by atoms with Crippen LogP contribution in [0, 0.1) is 0 Å². The maximum Gasteiger partial charge on any atom is 0.253 e. The third-order valence-corrected chi connectivity index (χ3v) is 9.65. The Bertz CT molecular complexity index is 1260. The van der Waals surface area contributed by atoms with Crippen LogP contribution in [0.3, 0.4) is 0 Å². The first-order chi connectivity index (χ1) is 15.8. The minimum absolute atomic E-state index is 0.135. The van der Waals surface area contributed by atoms with Crippen molar-refractivity contribution >= 4 is 55.3 Å². The topological polar surface area (TPSA) is 97.8 Å². The largest absolute Gasteiger partial charge is 0.497 e. The smallest absolute Gasteiger partial charge is 0.253 e. The summed E-state index contributed by atoms with van der Waals surface area (Å²) in [4.78, 5) is 17.6. The maximum absolute atomic E-state index is 13.1. The van der Waals surface area contributed by atoms with Crippen LogP contribution in [-0.2, 0) is 14.8 Å². The number of halogens is 1. The summed E-state index contributed by atoms with van der Waals surface area (Å²) in [6, 6.07) is 7.60. The molecule has 1 aromatic carbocycles. The van der Waals surface area contributed by atoms with Gasteiger partial charge in [-0.15, -0.1) is 22.7 Å². The molecule has 1 unspecified atom stereocenters. The summed E-state index contributed by atoms with van der Waals surface area (Å²) >= 11 is 8.18. The number of sulfonamides is 1. The van der Waals surface area contributed by atoms with Crippen LogP contribution in [-0.4, -0.2) is 50.4 Å². The van der Waals surface area contributed by atoms with Gasteiger partial charge in [0.05, 0.1) is 24.2 Å². The number of carbonyl (C=O) groups excluding carboxylic acids is 1. The predicted octanol–water partition coefficient (Wildman–Crippen LogP) is 4.72. The number of ether oxygens (including phenoxy) is 2. The Labute approximate surface area is 205 Å². The van der Waals surface area contributed by atoms with Crippen LogP contribution in [0.15, 0.2) is 39.9 Å². The summed E-state index contributed by atoms with van der Waals surface area (Å²) in [5, 5.41) is 4.99. The highest BCUT2D eigenvalue weighted by atomic mass is 35.5. The van der Waals surface area contributed by atoms with E-state index in [0.29, 0.717) is 39.5 Å². The number of amides is 1. The van der Waals surface area contributed by atoms with E-state index < -0.39 is 22.0 Å². The minimum atomic E-state index is -3.82. The van der Waals surface area contributed by atoms with Crippen LogP contribution < -0.4 is 14.8 Å². The second kappa shape index (κ2) is 9.98. The van der Waals surface area contributed by atoms with E-state index in [2.05, 4.69) is 10.3 Å². The van der Waals surface area contributed by atoms with Crippen LogP contribution >= 0.6 is 34.3 Å². The maximum atomic E-state index is 13.1. The summed E-state index contributed by atoms with van der Waals surface area (Å²) in [7, 11) is -0.682. The number of thiazole rings is 1. The van der Waals surface area contributed by atoms with E-state index in [1.54, 1.807) is 32.4 Å². The molecular weight excluding hydrogens is 506 g/mol. The third kappa shape index (κ3) is 5.02. The first kappa shape index (κ1) is 24.0. The number of carbonyl (C=O) groups is 1. The van der Waals surface area contributed by atoms with Crippen molar-refractivity contribution < 1.29 is 22.7 Å². The second-order valence-corrected chi connectivity index (χ2v) is 12.0. The molecule has 0 saturated carbocycles. The van der Waals surface area contributed by atoms with Gasteiger partial charge in [-0.2, -0.15) is 4.31 Å². The van der Waals surface area contributed by atoms with Gasteiger partial charge in [-0.3, -0.25) is 4.79 Å². The molecule has 0 aliphatic carbocycles. The number of benzene rings is 1. The first-order valence-electron chi connectivity index (χ1n) is 10.1. The van der Waals surface area contributed by atoms with E-state index in [9.17, 15) is 13.2 Å². The fraction of sp³-hybridized carbons (Fsp3) is 0.333. The summed E-state index contributed by atoms with van der Waals surface area (Å²) in [5.74, 6) is 0.852. The first-order valence-corrected chi connectivity index (χ1v) is 13.6. The van der Waals surface area contributed by atoms with Crippen LogP contribution in [0.5, 0.6) is 11.5 Å². The Balaban J connectivity index is 1.54. The number of thiophene rings is 1. The van der Waals surface area contributed by atoms with E-state index in [1.807, 2.05) is 11.4 Å². The van der Waals surface area contributed by atoms with Gasteiger partial charge in [0.1, 0.15) is 21.8 Å². The Morgan fingerprint density at radius 2 is 2.03 bits per heavy atom. The molecule has 33 heavy (non-hydrogen) atoms. The van der Waals surface area contributed by atoms with E-state index in [1.165, 1.54) is 21.7 Å². The van der Waals surface area contributed by atoms with Gasteiger partial charge < -0.3 is 14.8 Å². The summed E-state index contributed by atoms with van der Waals surface area (Å²) in [6.07, 6.45) is 1.90. The SMILES string of the molecule is COc1ccc(-c2csc(NC(=O)C3CCCCN3S(=O)(=O)c3ccc(Cl)s3)n2)c(OC)c1. The number of aromatic nitrogens is 1. The lowest BCUT2D eigenvalue weighted by Crippen LogP contribution is -2.49. The van der Waals surface area contributed by atoms with Crippen molar-refractivity contribution in [2.75, 3.05) is 26.1 Å². The second-order valence-electron chi connectivity index (χ2n) is 7.28. The lowest BCUT2D eigenvalue weighted by molar-refractivity contribution is -0.120. The molecule has 0 spiro atoms. The fourth-order valence-electron chi connectivity index (χ4n) is 3.66. The zero-order valence-electron chi connectivity index (χ0n) is 17.9. The summed E-state index contributed by atoms with van der Waals surface area (Å²) in [6.45, 7) is 0.280. The lowest BCUT2D eigenvalue weighted by atomic mass is 10.0. The van der Waals surface area contributed by atoms with Crippen LogP contribution in [0.1, 0.15) is 19.3 Å². The normalized spacial score (nSPS) is 17.0. The average molecular weight is 528 g/mol. The molecule has 1 N–H and O–H groups in total. The van der Waals surface area contributed by atoms with Gasteiger partial charge >= 0.3 is 0 Å². The average Bonchev–Trinajstić information content (AvgIpc) is 3.48. The van der Waals surface area contributed by atoms with Crippen LogP contribution in [0.2, 0.25) is 4.34 Å². The molecule has 0 bridgehead atoms. The Morgan fingerprint density at radius 3 is 2.73 bits per heavy atom. The van der Waals surface area contributed by atoms with E-state index >= 15 is 0 Å². The monoisotopic (exact) mass is 527 g/mol. The van der Waals surface area contributed by atoms with Gasteiger partial charge in [-0.05, 0) is 37.1 Å². The van der Waals surface area contributed by atoms with Crippen LogP contribution in [0.25, 0.3) is 11.3 Å². The molecule has 1 aliphatic heterocycles. The molecule has 1 fully saturated rings. The van der Waals surface area contributed by atoms with Crippen molar-refractivity contribution in [1.82, 2.24) is 9.29 Å². The zero-order chi connectivity index (χ0) is 23.6. The van der Waals surface area contributed by atoms with Crippen LogP contribution in [0.4, 0.5) is 5.13 Å². The van der Waals surface area contributed by atoms with Gasteiger partial charge in [0, 0.05) is 23.6 Å². The Kier molecular flexibility index (Phi) is 7.25. The van der Waals surface area contributed by atoms with E-state index in [0.717, 1.165) is 23.3 Å². The Hall–Kier alpha value is -2.18. The highest BCUT2D eigenvalue weighted by molar-refractivity contribution is 7.91. The Morgan fingerprint density at radius 1 is 1.21 bits per heavy atom. The lowest BCUT2D eigenvalue weighted by Gasteiger charge is -2.32. The van der Waals surface area contributed by atoms with Gasteiger partial charge in [0.25, 0.3) is 10.0 Å². The van der Waals surface area contributed by atoms with Crippen molar-refractivity contribution in [3.8, 4) is 22.8 Å². The molecule has 2 aromatic heterocycles. The molecule has 3 heterocycles. The number of rotatable bonds is 7. The highest BCUT2D eigenvalue weighted by Crippen LogP contribution is 2.36. The number of nitrogens with one attached hydrogen (secondary N) is 1. The molecule has 3 aromatic rings. The molecule has 1 amide bonds. The number of methoxy groups -OCH3 is 2. The summed E-state index contributed by atoms with van der Waals surface area (Å²) < 4.78 is 38.7. The van der Waals surface area contributed by atoms with Gasteiger partial charge in [0.15, 0.2) is 5.13 Å². The number of anilines is 1. The summed E-state index contributed by atoms with van der Waals surface area (Å²) in [5.41, 5.74) is 1.39. The van der Waals surface area contributed by atoms with Crippen molar-refractivity contribution in [3.63, 3.8) is 0 Å². The molecule has 1 atom stereocenters. The number of hydrogen-bond acceptors (Lipinski definition) is 8. The predicted molar refractivity (Wildman–Crippen MR) is 130 cm³/mol. The molecule has 0 radical (unpaired) electrons. The zero-order valence-corrected chi connectivity index (χ0v) is 21.1. The van der Waals surface area contributed by atoms with Gasteiger partial charge in [0.2, 0.25) is 5.91 Å². The molecule has 12 heteroatoms.